The zero-order chi connectivity index (χ0) is 30.5. The van der Waals surface area contributed by atoms with Gasteiger partial charge in [-0.15, -0.1) is 0 Å². The van der Waals surface area contributed by atoms with Gasteiger partial charge in [0.15, 0.2) is 0 Å². The van der Waals surface area contributed by atoms with Gasteiger partial charge in [0.25, 0.3) is 0 Å². The molecule has 0 spiro atoms. The summed E-state index contributed by atoms with van der Waals surface area (Å²) in [5.74, 6) is -2.38. The van der Waals surface area contributed by atoms with Gasteiger partial charge < -0.3 is 28.5 Å². The van der Waals surface area contributed by atoms with E-state index in [2.05, 4.69) is 13.8 Å². The van der Waals surface area contributed by atoms with Crippen LogP contribution in [0.2, 0.25) is 0 Å². The number of fused-ring (bicyclic) bond motifs is 4. The van der Waals surface area contributed by atoms with Crippen LogP contribution < -0.4 is 0 Å². The first-order chi connectivity index (χ1) is 20.5. The highest BCUT2D eigenvalue weighted by molar-refractivity contribution is 5.89. The van der Waals surface area contributed by atoms with Gasteiger partial charge in [-0.3, -0.25) is 9.59 Å². The maximum absolute atomic E-state index is 13.7. The Morgan fingerprint density at radius 3 is 2.49 bits per heavy atom. The van der Waals surface area contributed by atoms with Gasteiger partial charge in [0.05, 0.1) is 42.8 Å². The smallest absolute Gasteiger partial charge is 0.338 e. The van der Waals surface area contributed by atoms with E-state index in [0.717, 1.165) is 16.7 Å². The van der Waals surface area contributed by atoms with E-state index < -0.39 is 70.4 Å². The molecule has 4 fully saturated rings. The maximum atomic E-state index is 13.7. The van der Waals surface area contributed by atoms with Gasteiger partial charge in [-0.25, -0.2) is 4.79 Å². The Kier molecular flexibility index (Phi) is 6.28. The molecule has 7 rings (SSSR count). The molecule has 2 aromatic rings. The third kappa shape index (κ3) is 3.61. The number of furan rings is 1. The Hall–Kier alpha value is -3.43. The van der Waals surface area contributed by atoms with Crippen molar-refractivity contribution in [3.8, 4) is 0 Å². The lowest BCUT2D eigenvalue weighted by Gasteiger charge is -2.64. The van der Waals surface area contributed by atoms with Crippen LogP contribution in [0.3, 0.4) is 0 Å². The van der Waals surface area contributed by atoms with Crippen LogP contribution in [0.15, 0.2) is 64.5 Å². The van der Waals surface area contributed by atoms with Crippen LogP contribution >= 0.6 is 0 Å². The van der Waals surface area contributed by atoms with E-state index in [4.69, 9.17) is 23.4 Å². The molecule has 2 aliphatic heterocycles. The number of rotatable bonds is 5. The van der Waals surface area contributed by atoms with Crippen molar-refractivity contribution in [3.05, 3.63) is 71.2 Å². The molecule has 9 heteroatoms. The Morgan fingerprint density at radius 2 is 1.81 bits per heavy atom. The van der Waals surface area contributed by atoms with Crippen molar-refractivity contribution in [1.82, 2.24) is 0 Å². The van der Waals surface area contributed by atoms with Gasteiger partial charge in [-0.2, -0.15) is 0 Å². The molecular formula is C34H38O9. The topological polar surface area (TPSA) is 122 Å². The summed E-state index contributed by atoms with van der Waals surface area (Å²) in [6.45, 7) is 7.95. The second kappa shape index (κ2) is 9.53. The third-order valence-electron chi connectivity index (χ3n) is 11.9. The largest absolute Gasteiger partial charge is 0.472 e. The van der Waals surface area contributed by atoms with Crippen LogP contribution in [0.1, 0.15) is 68.8 Å². The second-order valence-corrected chi connectivity index (χ2v) is 13.6. The van der Waals surface area contributed by atoms with Crippen LogP contribution in [0.25, 0.3) is 0 Å². The van der Waals surface area contributed by atoms with E-state index in [1.54, 1.807) is 43.7 Å². The van der Waals surface area contributed by atoms with Crippen molar-refractivity contribution in [1.29, 1.82) is 0 Å². The Morgan fingerprint density at radius 1 is 1.07 bits per heavy atom. The molecule has 1 N–H and O–H groups in total. The number of carbonyl (C=O) groups excluding carboxylic acids is 3. The molecule has 3 aliphatic carbocycles. The van der Waals surface area contributed by atoms with Gasteiger partial charge in [0.1, 0.15) is 18.3 Å². The molecule has 2 saturated carbocycles. The minimum atomic E-state index is -1.27. The molecule has 1 aromatic carbocycles. The van der Waals surface area contributed by atoms with Gasteiger partial charge in [-0.05, 0) is 55.5 Å². The highest BCUT2D eigenvalue weighted by atomic mass is 16.6. The quantitative estimate of drug-likeness (QED) is 0.303. The molecule has 0 unspecified atom stereocenters. The SMILES string of the molecule is COC(=O)C[C@H]1[C@]2(C)C3=C(C)[C@H](c4ccoc4)C[C@H]3O[C@@H]2[C@@H]2OC(=O)[C@]3(C)[C@H](O)C[C@H](OC(=O)c4ccccc4)[C@@]1(C)[C@@H]23. The second-order valence-electron chi connectivity index (χ2n) is 13.6. The summed E-state index contributed by atoms with van der Waals surface area (Å²) in [5, 5.41) is 11.6. The monoisotopic (exact) mass is 590 g/mol. The zero-order valence-corrected chi connectivity index (χ0v) is 25.1. The average molecular weight is 591 g/mol. The predicted octanol–water partition coefficient (Wildman–Crippen LogP) is 4.59. The highest BCUT2D eigenvalue weighted by Crippen LogP contribution is 2.74. The van der Waals surface area contributed by atoms with Crippen molar-refractivity contribution < 1.29 is 42.9 Å². The average Bonchev–Trinajstić information content (AvgIpc) is 3.75. The van der Waals surface area contributed by atoms with E-state index >= 15 is 0 Å². The maximum Gasteiger partial charge on any atom is 0.338 e. The van der Waals surface area contributed by atoms with E-state index in [1.165, 1.54) is 7.11 Å². The van der Waals surface area contributed by atoms with Crippen molar-refractivity contribution in [3.63, 3.8) is 0 Å². The van der Waals surface area contributed by atoms with E-state index in [1.807, 2.05) is 19.1 Å². The molecule has 9 nitrogen and oxygen atoms in total. The molecule has 1 aromatic heterocycles. The number of benzene rings is 1. The number of aliphatic hydroxyl groups is 1. The summed E-state index contributed by atoms with van der Waals surface area (Å²) in [5.41, 5.74) is 0.693. The molecule has 228 valence electrons. The minimum absolute atomic E-state index is 0.0200. The number of allylic oxidation sites excluding steroid dienone is 1. The number of aliphatic hydroxyl groups excluding tert-OH is 1. The molecule has 0 radical (unpaired) electrons. The minimum Gasteiger partial charge on any atom is -0.472 e. The van der Waals surface area contributed by atoms with E-state index in [9.17, 15) is 19.5 Å². The van der Waals surface area contributed by atoms with Crippen molar-refractivity contribution in [2.45, 2.75) is 83.4 Å². The highest BCUT2D eigenvalue weighted by Gasteiger charge is 2.80. The van der Waals surface area contributed by atoms with Crippen molar-refractivity contribution in [2.24, 2.45) is 28.1 Å². The predicted molar refractivity (Wildman–Crippen MR) is 152 cm³/mol. The molecular weight excluding hydrogens is 552 g/mol. The normalized spacial score (nSPS) is 42.6. The summed E-state index contributed by atoms with van der Waals surface area (Å²) >= 11 is 0. The number of esters is 3. The molecule has 0 amide bonds. The fourth-order valence-electron chi connectivity index (χ4n) is 9.97. The zero-order valence-electron chi connectivity index (χ0n) is 25.1. The lowest BCUT2D eigenvalue weighted by atomic mass is 9.39. The van der Waals surface area contributed by atoms with Crippen LogP contribution in [0, 0.1) is 28.1 Å². The summed E-state index contributed by atoms with van der Waals surface area (Å²) in [6.07, 6.45) is 0.730. The fraction of sp³-hybridized carbons (Fsp3) is 0.559. The van der Waals surface area contributed by atoms with E-state index in [0.29, 0.717) is 12.0 Å². The summed E-state index contributed by atoms with van der Waals surface area (Å²) in [7, 11) is 1.36. The summed E-state index contributed by atoms with van der Waals surface area (Å²) in [4.78, 5) is 40.5. The molecule has 2 saturated heterocycles. The Bertz CT molecular complexity index is 1500. The van der Waals surface area contributed by atoms with E-state index in [-0.39, 0.29) is 24.9 Å². The first kappa shape index (κ1) is 28.3. The molecule has 0 bridgehead atoms. The van der Waals surface area contributed by atoms with Gasteiger partial charge in [0, 0.05) is 35.5 Å². The van der Waals surface area contributed by atoms with Crippen LogP contribution in [0.4, 0.5) is 0 Å². The Balaban J connectivity index is 1.41. The molecule has 11 atom stereocenters. The lowest BCUT2D eigenvalue weighted by Crippen LogP contribution is -2.71. The third-order valence-corrected chi connectivity index (χ3v) is 11.9. The first-order valence-corrected chi connectivity index (χ1v) is 15.1. The molecule has 43 heavy (non-hydrogen) atoms. The van der Waals surface area contributed by atoms with Crippen molar-refractivity contribution >= 4 is 17.9 Å². The van der Waals surface area contributed by atoms with Crippen LogP contribution in [-0.4, -0.2) is 60.6 Å². The Labute approximate surface area is 250 Å². The standard InChI is InChI=1S/C34H38O9/c1-17-20(19-11-12-40-16-19)13-21-26(17)33(3)22(14-25(36)39-5)32(2)24(42-30(37)18-9-7-6-8-10-18)15-23(35)34(4)28(32)27(29(33)41-21)43-31(34)38/h6-12,16,20-24,27-29,35H,13-15H2,1-5H3/t20-,21-,22-,23-,24+,27-,28-,29-,32+,33-,34-/m1/s1. The van der Waals surface area contributed by atoms with Crippen LogP contribution in [0.5, 0.6) is 0 Å². The van der Waals surface area contributed by atoms with Gasteiger partial charge in [0.2, 0.25) is 0 Å². The fourth-order valence-corrected chi connectivity index (χ4v) is 9.97. The number of hydrogen-bond acceptors (Lipinski definition) is 9. The first-order valence-electron chi connectivity index (χ1n) is 15.1. The van der Waals surface area contributed by atoms with Gasteiger partial charge >= 0.3 is 17.9 Å². The number of hydrogen-bond donors (Lipinski definition) is 1. The molecule has 5 aliphatic rings. The van der Waals surface area contributed by atoms with Crippen LogP contribution in [-0.2, 0) is 28.5 Å². The van der Waals surface area contributed by atoms with Crippen molar-refractivity contribution in [2.75, 3.05) is 7.11 Å². The molecule has 3 heterocycles. The summed E-state index contributed by atoms with van der Waals surface area (Å²) in [6, 6.07) is 10.7. The number of ether oxygens (including phenoxy) is 4. The lowest BCUT2D eigenvalue weighted by molar-refractivity contribution is -0.242. The summed E-state index contributed by atoms with van der Waals surface area (Å²) < 4.78 is 30.0. The number of carbonyl (C=O) groups is 3. The number of methoxy groups -OCH3 is 1. The van der Waals surface area contributed by atoms with Gasteiger partial charge in [-0.1, -0.05) is 37.6 Å².